The van der Waals surface area contributed by atoms with Crippen molar-refractivity contribution < 1.29 is 14.4 Å². The Hall–Kier alpha value is -0.940. The zero-order valence-corrected chi connectivity index (χ0v) is 11.7. The third kappa shape index (κ3) is 4.01. The van der Waals surface area contributed by atoms with Crippen LogP contribution in [0.2, 0.25) is 0 Å². The summed E-state index contributed by atoms with van der Waals surface area (Å²) in [6, 6.07) is 0. The highest BCUT2D eigenvalue weighted by Crippen LogP contribution is 2.35. The number of hydrogen-bond acceptors (Lipinski definition) is 5. The van der Waals surface area contributed by atoms with Crippen molar-refractivity contribution in [1.82, 2.24) is 10.1 Å². The maximum absolute atomic E-state index is 8.76. The van der Waals surface area contributed by atoms with Gasteiger partial charge in [-0.25, -0.2) is 0 Å². The Morgan fingerprint density at radius 2 is 2.11 bits per heavy atom. The summed E-state index contributed by atoms with van der Waals surface area (Å²) in [5.74, 6) is 1.86. The Kier molecular flexibility index (Phi) is 5.79. The minimum atomic E-state index is -0.0318. The van der Waals surface area contributed by atoms with E-state index >= 15 is 0 Å². The van der Waals surface area contributed by atoms with Gasteiger partial charge in [0, 0.05) is 20.1 Å². The van der Waals surface area contributed by atoms with E-state index in [0.29, 0.717) is 17.6 Å². The van der Waals surface area contributed by atoms with Crippen LogP contribution in [-0.2, 0) is 11.2 Å². The minimum Gasteiger partial charge on any atom is -0.396 e. The number of rotatable bonds is 7. The van der Waals surface area contributed by atoms with Crippen LogP contribution in [0.1, 0.15) is 62.8 Å². The van der Waals surface area contributed by atoms with E-state index in [-0.39, 0.29) is 12.7 Å². The first-order chi connectivity index (χ1) is 9.35. The summed E-state index contributed by atoms with van der Waals surface area (Å²) in [6.07, 6.45) is 8.58. The molecule has 1 aromatic heterocycles. The van der Waals surface area contributed by atoms with Gasteiger partial charge in [-0.3, -0.25) is 0 Å². The van der Waals surface area contributed by atoms with Gasteiger partial charge < -0.3 is 14.4 Å². The van der Waals surface area contributed by atoms with Crippen molar-refractivity contribution in [2.75, 3.05) is 13.7 Å². The van der Waals surface area contributed by atoms with Gasteiger partial charge in [-0.05, 0) is 31.6 Å². The molecule has 1 fully saturated rings. The molecule has 0 spiro atoms. The van der Waals surface area contributed by atoms with Crippen LogP contribution in [0.3, 0.4) is 0 Å². The maximum Gasteiger partial charge on any atom is 0.226 e. The summed E-state index contributed by atoms with van der Waals surface area (Å²) >= 11 is 0. The molecule has 0 bridgehead atoms. The molecular formula is C14H24N2O3. The van der Waals surface area contributed by atoms with Crippen LogP contribution in [0.25, 0.3) is 0 Å². The summed E-state index contributed by atoms with van der Waals surface area (Å²) in [5.41, 5.74) is 0. The van der Waals surface area contributed by atoms with Crippen LogP contribution >= 0.6 is 0 Å². The van der Waals surface area contributed by atoms with E-state index in [1.165, 1.54) is 32.1 Å². The van der Waals surface area contributed by atoms with Gasteiger partial charge in [-0.1, -0.05) is 24.4 Å². The fraction of sp³-hybridized carbons (Fsp3) is 0.857. The molecule has 0 aromatic carbocycles. The molecular weight excluding hydrogens is 244 g/mol. The smallest absolute Gasteiger partial charge is 0.226 e. The van der Waals surface area contributed by atoms with Gasteiger partial charge >= 0.3 is 0 Å². The quantitative estimate of drug-likeness (QED) is 0.770. The van der Waals surface area contributed by atoms with Crippen molar-refractivity contribution in [1.29, 1.82) is 0 Å². The summed E-state index contributed by atoms with van der Waals surface area (Å²) in [6.45, 7) is 0.212. The fourth-order valence-electron chi connectivity index (χ4n) is 2.82. The SMILES string of the molecule is COC(c1noc(CCCCO)n1)C1CCCCC1. The van der Waals surface area contributed by atoms with E-state index in [1.807, 2.05) is 0 Å². The average molecular weight is 268 g/mol. The second-order valence-electron chi connectivity index (χ2n) is 5.28. The molecule has 0 saturated heterocycles. The Labute approximate surface area is 114 Å². The van der Waals surface area contributed by atoms with Gasteiger partial charge in [0.1, 0.15) is 6.10 Å². The van der Waals surface area contributed by atoms with Gasteiger partial charge in [0.05, 0.1) is 0 Å². The van der Waals surface area contributed by atoms with Crippen LogP contribution in [-0.4, -0.2) is 29.0 Å². The van der Waals surface area contributed by atoms with Crippen LogP contribution in [0.5, 0.6) is 0 Å². The van der Waals surface area contributed by atoms with Crippen LogP contribution in [0, 0.1) is 5.92 Å². The lowest BCUT2D eigenvalue weighted by Crippen LogP contribution is -2.19. The zero-order valence-electron chi connectivity index (χ0n) is 11.7. The molecule has 1 heterocycles. The molecule has 1 aromatic rings. The molecule has 1 aliphatic carbocycles. The van der Waals surface area contributed by atoms with E-state index in [0.717, 1.165) is 19.3 Å². The molecule has 2 rings (SSSR count). The van der Waals surface area contributed by atoms with Crippen molar-refractivity contribution >= 4 is 0 Å². The molecule has 1 unspecified atom stereocenters. The lowest BCUT2D eigenvalue weighted by Gasteiger charge is -2.26. The Balaban J connectivity index is 1.94. The Morgan fingerprint density at radius 3 is 2.79 bits per heavy atom. The molecule has 5 heteroatoms. The summed E-state index contributed by atoms with van der Waals surface area (Å²) in [5, 5.41) is 12.8. The molecule has 0 amide bonds. The number of methoxy groups -OCH3 is 1. The number of aliphatic hydroxyl groups excluding tert-OH is 1. The van der Waals surface area contributed by atoms with Crippen molar-refractivity contribution in [3.05, 3.63) is 11.7 Å². The highest BCUT2D eigenvalue weighted by molar-refractivity contribution is 4.95. The number of aliphatic hydroxyl groups is 1. The van der Waals surface area contributed by atoms with Crippen molar-refractivity contribution in [3.8, 4) is 0 Å². The second-order valence-corrected chi connectivity index (χ2v) is 5.28. The molecule has 5 nitrogen and oxygen atoms in total. The number of aryl methyl sites for hydroxylation is 1. The monoisotopic (exact) mass is 268 g/mol. The molecule has 1 saturated carbocycles. The number of ether oxygens (including phenoxy) is 1. The summed E-state index contributed by atoms with van der Waals surface area (Å²) < 4.78 is 10.9. The van der Waals surface area contributed by atoms with Crippen LogP contribution in [0.4, 0.5) is 0 Å². The molecule has 1 atom stereocenters. The van der Waals surface area contributed by atoms with E-state index in [4.69, 9.17) is 14.4 Å². The third-order valence-corrected chi connectivity index (χ3v) is 3.87. The predicted octanol–water partition coefficient (Wildman–Crippen LogP) is 2.65. The number of hydrogen-bond donors (Lipinski definition) is 1. The minimum absolute atomic E-state index is 0.0318. The largest absolute Gasteiger partial charge is 0.396 e. The van der Waals surface area contributed by atoms with E-state index in [2.05, 4.69) is 10.1 Å². The van der Waals surface area contributed by atoms with Gasteiger partial charge in [0.25, 0.3) is 0 Å². The highest BCUT2D eigenvalue weighted by Gasteiger charge is 2.28. The summed E-state index contributed by atoms with van der Waals surface area (Å²) in [4.78, 5) is 4.44. The predicted molar refractivity (Wildman–Crippen MR) is 70.6 cm³/mol. The van der Waals surface area contributed by atoms with Gasteiger partial charge in [0.15, 0.2) is 0 Å². The van der Waals surface area contributed by atoms with E-state index in [1.54, 1.807) is 7.11 Å². The Bertz CT molecular complexity index is 361. The number of unbranched alkanes of at least 4 members (excludes halogenated alkanes) is 1. The standard InChI is InChI=1S/C14H24N2O3/c1-18-13(11-7-3-2-4-8-11)14-15-12(19-16-14)9-5-6-10-17/h11,13,17H,2-10H2,1H3. The van der Waals surface area contributed by atoms with E-state index in [9.17, 15) is 0 Å². The van der Waals surface area contributed by atoms with E-state index < -0.39 is 0 Å². The highest BCUT2D eigenvalue weighted by atomic mass is 16.5. The van der Waals surface area contributed by atoms with Crippen molar-refractivity contribution in [3.63, 3.8) is 0 Å². The fourth-order valence-corrected chi connectivity index (χ4v) is 2.82. The summed E-state index contributed by atoms with van der Waals surface area (Å²) in [7, 11) is 1.72. The number of aromatic nitrogens is 2. The topological polar surface area (TPSA) is 68.4 Å². The first-order valence-corrected chi connectivity index (χ1v) is 7.31. The van der Waals surface area contributed by atoms with Crippen molar-refractivity contribution in [2.45, 2.75) is 57.5 Å². The lowest BCUT2D eigenvalue weighted by molar-refractivity contribution is 0.0273. The zero-order chi connectivity index (χ0) is 13.5. The Morgan fingerprint density at radius 1 is 1.32 bits per heavy atom. The molecule has 19 heavy (non-hydrogen) atoms. The lowest BCUT2D eigenvalue weighted by atomic mass is 9.85. The van der Waals surface area contributed by atoms with Crippen molar-refractivity contribution in [2.24, 2.45) is 5.92 Å². The first kappa shape index (κ1) is 14.5. The normalized spacial score (nSPS) is 18.6. The molecule has 1 N–H and O–H groups in total. The van der Waals surface area contributed by atoms with Gasteiger partial charge in [0.2, 0.25) is 11.7 Å². The second kappa shape index (κ2) is 7.60. The molecule has 1 aliphatic rings. The van der Waals surface area contributed by atoms with Gasteiger partial charge in [-0.15, -0.1) is 0 Å². The first-order valence-electron chi connectivity index (χ1n) is 7.31. The molecule has 0 aliphatic heterocycles. The van der Waals surface area contributed by atoms with Crippen LogP contribution in [0.15, 0.2) is 4.52 Å². The van der Waals surface area contributed by atoms with Gasteiger partial charge in [-0.2, -0.15) is 4.98 Å². The maximum atomic E-state index is 8.76. The number of nitrogens with zero attached hydrogens (tertiary/aromatic N) is 2. The third-order valence-electron chi connectivity index (χ3n) is 3.87. The average Bonchev–Trinajstić information content (AvgIpc) is 2.90. The van der Waals surface area contributed by atoms with Crippen LogP contribution < -0.4 is 0 Å². The molecule has 0 radical (unpaired) electrons. The molecule has 108 valence electrons.